The molecule has 2 amide bonds. The predicted molar refractivity (Wildman–Crippen MR) is 33.5 cm³/mol. The van der Waals surface area contributed by atoms with Crippen LogP contribution in [0.2, 0.25) is 0 Å². The van der Waals surface area contributed by atoms with Gasteiger partial charge < -0.3 is 4.74 Å². The highest BCUT2D eigenvalue weighted by Crippen LogP contribution is 2.13. The van der Waals surface area contributed by atoms with E-state index in [1.807, 2.05) is 0 Å². The van der Waals surface area contributed by atoms with Crippen molar-refractivity contribution in [3.8, 4) is 0 Å². The van der Waals surface area contributed by atoms with Crippen LogP contribution in [0, 0.1) is 0 Å². The molecule has 0 radical (unpaired) electrons. The van der Waals surface area contributed by atoms with Crippen LogP contribution in [0.1, 0.15) is 6.92 Å². The zero-order chi connectivity index (χ0) is 7.72. The minimum Gasteiger partial charge on any atom is -0.427 e. The summed E-state index contributed by atoms with van der Waals surface area (Å²) >= 11 is 5.41. The normalized spacial score (nSPS) is 24.8. The summed E-state index contributed by atoms with van der Waals surface area (Å²) in [6, 6.07) is 0. The van der Waals surface area contributed by atoms with Crippen LogP contribution in [0.5, 0.6) is 0 Å². The van der Waals surface area contributed by atoms with Crippen molar-refractivity contribution in [1.29, 1.82) is 0 Å². The number of ether oxygens (including phenoxy) is 1. The molecule has 0 spiro atoms. The van der Waals surface area contributed by atoms with Gasteiger partial charge in [-0.05, 0) is 0 Å². The lowest BCUT2D eigenvalue weighted by Gasteiger charge is -2.04. The first-order valence-corrected chi connectivity index (χ1v) is 3.17. The smallest absolute Gasteiger partial charge is 0.418 e. The molecule has 0 aromatic heterocycles. The van der Waals surface area contributed by atoms with Gasteiger partial charge in [0.1, 0.15) is 0 Å². The molecule has 0 bridgehead atoms. The van der Waals surface area contributed by atoms with E-state index in [1.54, 1.807) is 0 Å². The number of carbonyl (C=O) groups is 2. The van der Waals surface area contributed by atoms with E-state index < -0.39 is 11.7 Å². The summed E-state index contributed by atoms with van der Waals surface area (Å²) in [5.41, 5.74) is -0.684. The second kappa shape index (κ2) is 2.46. The Balaban J connectivity index is 2.63. The fourth-order valence-corrected chi connectivity index (χ4v) is 0.900. The van der Waals surface area contributed by atoms with E-state index in [2.05, 4.69) is 4.74 Å². The Bertz CT molecular complexity index is 182. The molecule has 1 aliphatic heterocycles. The van der Waals surface area contributed by atoms with Crippen molar-refractivity contribution in [2.45, 2.75) is 12.5 Å². The van der Waals surface area contributed by atoms with Crippen molar-refractivity contribution in [2.24, 2.45) is 0 Å². The molecule has 1 aliphatic rings. The van der Waals surface area contributed by atoms with Crippen LogP contribution in [-0.2, 0) is 9.53 Å². The molecule has 56 valence electrons. The van der Waals surface area contributed by atoms with Crippen molar-refractivity contribution in [3.63, 3.8) is 0 Å². The van der Waals surface area contributed by atoms with Crippen LogP contribution >= 0.6 is 11.6 Å². The number of hydrogen-bond acceptors (Lipinski definition) is 3. The molecule has 4 nitrogen and oxygen atoms in total. The summed E-state index contributed by atoms with van der Waals surface area (Å²) < 4.78 is 4.47. The van der Waals surface area contributed by atoms with Crippen LogP contribution in [0.15, 0.2) is 0 Å². The Morgan fingerprint density at radius 2 is 2.50 bits per heavy atom. The molecule has 0 N–H and O–H groups in total. The first-order chi connectivity index (χ1) is 4.61. The molecule has 1 rings (SSSR count). The van der Waals surface area contributed by atoms with Crippen molar-refractivity contribution in [1.82, 2.24) is 4.90 Å². The standard InChI is InChI=1S/C5H6ClNO3/c1-3(8)7-2-4(6)10-5(7)9/h4H,2H2,1H3. The van der Waals surface area contributed by atoms with E-state index in [4.69, 9.17) is 11.6 Å². The highest BCUT2D eigenvalue weighted by molar-refractivity contribution is 6.21. The summed E-state index contributed by atoms with van der Waals surface area (Å²) in [7, 11) is 0. The fourth-order valence-electron chi connectivity index (χ4n) is 0.685. The average molecular weight is 164 g/mol. The van der Waals surface area contributed by atoms with Gasteiger partial charge in [-0.25, -0.2) is 9.69 Å². The van der Waals surface area contributed by atoms with E-state index in [-0.39, 0.29) is 12.5 Å². The molecule has 0 aliphatic carbocycles. The Hall–Kier alpha value is -0.770. The summed E-state index contributed by atoms with van der Waals surface area (Å²) in [6.07, 6.45) is -0.660. The van der Waals surface area contributed by atoms with Gasteiger partial charge in [-0.2, -0.15) is 0 Å². The number of nitrogens with zero attached hydrogens (tertiary/aromatic N) is 1. The number of cyclic esters (lactones) is 1. The fraction of sp³-hybridized carbons (Fsp3) is 0.600. The number of hydrogen-bond donors (Lipinski definition) is 0. The second-order valence-electron chi connectivity index (χ2n) is 1.92. The quantitative estimate of drug-likeness (QED) is 0.490. The Morgan fingerprint density at radius 1 is 1.90 bits per heavy atom. The maximum Gasteiger partial charge on any atom is 0.418 e. The topological polar surface area (TPSA) is 46.6 Å². The van der Waals surface area contributed by atoms with Gasteiger partial charge in [0, 0.05) is 6.92 Å². The van der Waals surface area contributed by atoms with Crippen LogP contribution in [0.25, 0.3) is 0 Å². The van der Waals surface area contributed by atoms with E-state index in [1.165, 1.54) is 6.92 Å². The van der Waals surface area contributed by atoms with Gasteiger partial charge in [-0.3, -0.25) is 4.79 Å². The summed E-state index contributed by atoms with van der Waals surface area (Å²) in [6.45, 7) is 1.44. The van der Waals surface area contributed by atoms with Gasteiger partial charge >= 0.3 is 6.09 Å². The van der Waals surface area contributed by atoms with Crippen LogP contribution in [0.3, 0.4) is 0 Å². The first kappa shape index (κ1) is 7.34. The van der Waals surface area contributed by atoms with Crippen molar-refractivity contribution in [3.05, 3.63) is 0 Å². The molecule has 0 aromatic carbocycles. The number of alkyl halides is 1. The lowest BCUT2D eigenvalue weighted by atomic mass is 10.5. The number of amides is 2. The summed E-state index contributed by atoms with van der Waals surface area (Å²) in [5.74, 6) is -0.340. The molecular weight excluding hydrogens is 158 g/mol. The number of rotatable bonds is 0. The monoisotopic (exact) mass is 163 g/mol. The highest BCUT2D eigenvalue weighted by atomic mass is 35.5. The lowest BCUT2D eigenvalue weighted by molar-refractivity contribution is -0.125. The Morgan fingerprint density at radius 3 is 2.70 bits per heavy atom. The lowest BCUT2D eigenvalue weighted by Crippen LogP contribution is -2.29. The van der Waals surface area contributed by atoms with Gasteiger partial charge in [-0.1, -0.05) is 11.6 Å². The molecule has 0 saturated carbocycles. The molecule has 1 fully saturated rings. The number of imide groups is 1. The number of halogens is 1. The van der Waals surface area contributed by atoms with E-state index >= 15 is 0 Å². The van der Waals surface area contributed by atoms with E-state index in [0.29, 0.717) is 0 Å². The zero-order valence-corrected chi connectivity index (χ0v) is 6.09. The minimum atomic E-state index is -0.684. The van der Waals surface area contributed by atoms with Gasteiger partial charge in [-0.15, -0.1) is 0 Å². The SMILES string of the molecule is CC(=O)N1CC(Cl)OC1=O. The van der Waals surface area contributed by atoms with Crippen molar-refractivity contribution in [2.75, 3.05) is 6.54 Å². The Labute approximate surface area is 62.7 Å². The summed E-state index contributed by atoms with van der Waals surface area (Å²) in [4.78, 5) is 22.1. The van der Waals surface area contributed by atoms with E-state index in [0.717, 1.165) is 4.90 Å². The van der Waals surface area contributed by atoms with E-state index in [9.17, 15) is 9.59 Å². The van der Waals surface area contributed by atoms with Gasteiger partial charge in [0.05, 0.1) is 6.54 Å². The Kier molecular flexibility index (Phi) is 1.80. The molecule has 5 heteroatoms. The van der Waals surface area contributed by atoms with Gasteiger partial charge in [0.25, 0.3) is 0 Å². The highest BCUT2D eigenvalue weighted by Gasteiger charge is 2.32. The molecule has 10 heavy (non-hydrogen) atoms. The molecule has 0 aromatic rings. The van der Waals surface area contributed by atoms with Crippen molar-refractivity contribution < 1.29 is 14.3 Å². The van der Waals surface area contributed by atoms with Crippen LogP contribution in [0.4, 0.5) is 4.79 Å². The zero-order valence-electron chi connectivity index (χ0n) is 5.33. The molecule has 1 saturated heterocycles. The third kappa shape index (κ3) is 1.21. The van der Waals surface area contributed by atoms with Crippen molar-refractivity contribution >= 4 is 23.6 Å². The second-order valence-corrected chi connectivity index (χ2v) is 2.41. The largest absolute Gasteiger partial charge is 0.427 e. The number of carbonyl (C=O) groups excluding carboxylic acids is 2. The molecule has 1 unspecified atom stereocenters. The summed E-state index contributed by atoms with van der Waals surface area (Å²) in [5, 5.41) is 0. The van der Waals surface area contributed by atoms with Crippen LogP contribution in [-0.4, -0.2) is 29.0 Å². The predicted octanol–water partition coefficient (Wildman–Crippen LogP) is 0.550. The minimum absolute atomic E-state index is 0.149. The maximum atomic E-state index is 10.6. The van der Waals surface area contributed by atoms with Gasteiger partial charge in [0.15, 0.2) is 5.56 Å². The van der Waals surface area contributed by atoms with Crippen LogP contribution < -0.4 is 0 Å². The average Bonchev–Trinajstić information content (AvgIpc) is 2.10. The first-order valence-electron chi connectivity index (χ1n) is 2.74. The third-order valence-electron chi connectivity index (χ3n) is 1.16. The van der Waals surface area contributed by atoms with Gasteiger partial charge in [0.2, 0.25) is 5.91 Å². The molecule has 1 heterocycles. The molecular formula is C5H6ClNO3. The maximum absolute atomic E-state index is 10.6. The third-order valence-corrected chi connectivity index (χ3v) is 1.38. The molecule has 1 atom stereocenters.